The molecule has 0 spiro atoms. The number of hydrogen-bond acceptors (Lipinski definition) is 2. The third kappa shape index (κ3) is 1.49. The summed E-state index contributed by atoms with van der Waals surface area (Å²) in [4.78, 5) is 0. The average molecular weight is 163 g/mol. The van der Waals surface area contributed by atoms with Crippen LogP contribution in [0.2, 0.25) is 0 Å². The van der Waals surface area contributed by atoms with E-state index in [4.69, 9.17) is 4.74 Å². The fraction of sp³-hybridized carbons (Fsp3) is 0.400. The molecule has 0 amide bonds. The van der Waals surface area contributed by atoms with E-state index in [2.05, 4.69) is 36.5 Å². The maximum Gasteiger partial charge on any atom is 0.0971 e. The average Bonchev–Trinajstić information content (AvgIpc) is 2.58. The lowest BCUT2D eigenvalue weighted by Gasteiger charge is -2.07. The first-order valence-electron chi connectivity index (χ1n) is 4.24. The number of aryl methyl sites for hydroxylation is 1. The molecule has 1 saturated heterocycles. The van der Waals surface area contributed by atoms with Crippen LogP contribution in [0.15, 0.2) is 24.3 Å². The zero-order chi connectivity index (χ0) is 8.39. The Hall–Kier alpha value is -0.860. The van der Waals surface area contributed by atoms with Crippen molar-refractivity contribution in [3.63, 3.8) is 0 Å². The van der Waals surface area contributed by atoms with Crippen molar-refractivity contribution in [2.45, 2.75) is 13.0 Å². The van der Waals surface area contributed by atoms with Gasteiger partial charge in [0.05, 0.1) is 19.4 Å². The molecular formula is C10H13NO. The van der Waals surface area contributed by atoms with Gasteiger partial charge in [0.1, 0.15) is 0 Å². The van der Waals surface area contributed by atoms with Crippen molar-refractivity contribution in [1.82, 2.24) is 5.32 Å². The molecule has 0 unspecified atom stereocenters. The van der Waals surface area contributed by atoms with Crippen LogP contribution in [-0.4, -0.2) is 13.3 Å². The highest BCUT2D eigenvalue weighted by molar-refractivity contribution is 5.24. The van der Waals surface area contributed by atoms with E-state index in [1.54, 1.807) is 0 Å². The van der Waals surface area contributed by atoms with E-state index in [0.29, 0.717) is 12.8 Å². The van der Waals surface area contributed by atoms with Gasteiger partial charge in [-0.3, -0.25) is 5.32 Å². The summed E-state index contributed by atoms with van der Waals surface area (Å²) in [5.74, 6) is 0. The fourth-order valence-electron chi connectivity index (χ4n) is 1.41. The van der Waals surface area contributed by atoms with Gasteiger partial charge >= 0.3 is 0 Å². The third-order valence-electron chi connectivity index (χ3n) is 2.20. The molecule has 0 saturated carbocycles. The second kappa shape index (κ2) is 3.25. The third-order valence-corrected chi connectivity index (χ3v) is 2.20. The molecule has 0 aromatic heterocycles. The number of nitrogens with one attached hydrogen (secondary N) is 1. The molecule has 0 aliphatic carbocycles. The summed E-state index contributed by atoms with van der Waals surface area (Å²) in [6.07, 6.45) is 0. The van der Waals surface area contributed by atoms with Crippen molar-refractivity contribution in [3.05, 3.63) is 35.4 Å². The smallest absolute Gasteiger partial charge is 0.0971 e. The molecule has 1 aromatic carbocycles. The second-order valence-electron chi connectivity index (χ2n) is 3.18. The number of rotatable bonds is 1. The molecule has 0 radical (unpaired) electrons. The van der Waals surface area contributed by atoms with E-state index in [1.165, 1.54) is 11.1 Å². The Bertz CT molecular complexity index is 249. The molecule has 1 aliphatic rings. The normalized spacial score (nSPS) is 22.9. The van der Waals surface area contributed by atoms with Crippen LogP contribution in [0.1, 0.15) is 17.2 Å². The molecule has 1 heterocycles. The lowest BCUT2D eigenvalue weighted by Crippen LogP contribution is -2.14. The minimum absolute atomic E-state index is 0.394. The first-order chi connectivity index (χ1) is 5.86. The number of ether oxygens (including phenoxy) is 1. The zero-order valence-electron chi connectivity index (χ0n) is 7.21. The molecule has 1 aromatic rings. The van der Waals surface area contributed by atoms with Gasteiger partial charge < -0.3 is 4.74 Å². The van der Waals surface area contributed by atoms with Gasteiger partial charge in [0.2, 0.25) is 0 Å². The summed E-state index contributed by atoms with van der Waals surface area (Å²) in [6, 6.07) is 8.97. The van der Waals surface area contributed by atoms with Crippen molar-refractivity contribution < 1.29 is 4.74 Å². The van der Waals surface area contributed by atoms with Gasteiger partial charge in [-0.15, -0.1) is 0 Å². The summed E-state index contributed by atoms with van der Waals surface area (Å²) >= 11 is 0. The van der Waals surface area contributed by atoms with Crippen LogP contribution in [0.4, 0.5) is 0 Å². The van der Waals surface area contributed by atoms with Crippen LogP contribution in [0.3, 0.4) is 0 Å². The van der Waals surface area contributed by atoms with Crippen molar-refractivity contribution in [1.29, 1.82) is 0 Å². The van der Waals surface area contributed by atoms with Crippen LogP contribution in [-0.2, 0) is 4.74 Å². The monoisotopic (exact) mass is 163 g/mol. The molecule has 1 aliphatic heterocycles. The van der Waals surface area contributed by atoms with Crippen LogP contribution in [0, 0.1) is 6.92 Å². The Morgan fingerprint density at radius 1 is 1.33 bits per heavy atom. The fourth-order valence-corrected chi connectivity index (χ4v) is 1.41. The topological polar surface area (TPSA) is 21.3 Å². The molecule has 2 heteroatoms. The standard InChI is InChI=1S/C10H13NO/c1-8-2-4-9(5-3-8)10-6-12-7-11-10/h2-5,10-11H,6-7H2,1H3/t10-/m0/s1. The van der Waals surface area contributed by atoms with Crippen molar-refractivity contribution in [2.24, 2.45) is 0 Å². The van der Waals surface area contributed by atoms with Gasteiger partial charge in [0.25, 0.3) is 0 Å². The van der Waals surface area contributed by atoms with E-state index in [1.807, 2.05) is 0 Å². The lowest BCUT2D eigenvalue weighted by molar-refractivity contribution is 0.189. The SMILES string of the molecule is Cc1ccc([C@@H]2COCN2)cc1. The van der Waals surface area contributed by atoms with Gasteiger partial charge in [-0.2, -0.15) is 0 Å². The van der Waals surface area contributed by atoms with Gasteiger partial charge in [0, 0.05) is 0 Å². The van der Waals surface area contributed by atoms with E-state index in [-0.39, 0.29) is 0 Å². The maximum atomic E-state index is 5.23. The van der Waals surface area contributed by atoms with Crippen molar-refractivity contribution in [3.8, 4) is 0 Å². The molecule has 64 valence electrons. The summed E-state index contributed by atoms with van der Waals surface area (Å²) in [6.45, 7) is 3.57. The quantitative estimate of drug-likeness (QED) is 0.679. The maximum absolute atomic E-state index is 5.23. The Balaban J connectivity index is 2.17. The lowest BCUT2D eigenvalue weighted by atomic mass is 10.1. The predicted molar refractivity (Wildman–Crippen MR) is 47.9 cm³/mol. The summed E-state index contributed by atoms with van der Waals surface area (Å²) in [7, 11) is 0. The predicted octanol–water partition coefficient (Wildman–Crippen LogP) is 1.61. The van der Waals surface area contributed by atoms with E-state index < -0.39 is 0 Å². The van der Waals surface area contributed by atoms with Crippen LogP contribution >= 0.6 is 0 Å². The molecule has 1 N–H and O–H groups in total. The molecule has 0 bridgehead atoms. The minimum atomic E-state index is 0.394. The second-order valence-corrected chi connectivity index (χ2v) is 3.18. The number of benzene rings is 1. The molecule has 2 rings (SSSR count). The Kier molecular flexibility index (Phi) is 2.11. The molecular weight excluding hydrogens is 150 g/mol. The van der Waals surface area contributed by atoms with E-state index in [9.17, 15) is 0 Å². The molecule has 12 heavy (non-hydrogen) atoms. The molecule has 1 fully saturated rings. The van der Waals surface area contributed by atoms with Gasteiger partial charge in [-0.1, -0.05) is 29.8 Å². The van der Waals surface area contributed by atoms with Crippen molar-refractivity contribution >= 4 is 0 Å². The zero-order valence-corrected chi connectivity index (χ0v) is 7.21. The number of hydrogen-bond donors (Lipinski definition) is 1. The van der Waals surface area contributed by atoms with Crippen LogP contribution in [0.5, 0.6) is 0 Å². The van der Waals surface area contributed by atoms with E-state index >= 15 is 0 Å². The summed E-state index contributed by atoms with van der Waals surface area (Å²) in [5, 5.41) is 3.27. The Labute approximate surface area is 72.5 Å². The Morgan fingerprint density at radius 2 is 2.08 bits per heavy atom. The highest BCUT2D eigenvalue weighted by Crippen LogP contribution is 2.16. The minimum Gasteiger partial charge on any atom is -0.364 e. The highest BCUT2D eigenvalue weighted by atomic mass is 16.5. The summed E-state index contributed by atoms with van der Waals surface area (Å²) in [5.41, 5.74) is 2.62. The Morgan fingerprint density at radius 3 is 2.67 bits per heavy atom. The van der Waals surface area contributed by atoms with Crippen molar-refractivity contribution in [2.75, 3.05) is 13.3 Å². The van der Waals surface area contributed by atoms with Gasteiger partial charge in [-0.05, 0) is 12.5 Å². The highest BCUT2D eigenvalue weighted by Gasteiger charge is 2.15. The van der Waals surface area contributed by atoms with Gasteiger partial charge in [0.15, 0.2) is 0 Å². The molecule has 2 nitrogen and oxygen atoms in total. The van der Waals surface area contributed by atoms with Crippen LogP contribution in [0.25, 0.3) is 0 Å². The van der Waals surface area contributed by atoms with E-state index in [0.717, 1.165) is 6.61 Å². The van der Waals surface area contributed by atoms with Crippen LogP contribution < -0.4 is 5.32 Å². The first kappa shape index (κ1) is 7.77. The largest absolute Gasteiger partial charge is 0.364 e. The van der Waals surface area contributed by atoms with Gasteiger partial charge in [-0.25, -0.2) is 0 Å². The summed E-state index contributed by atoms with van der Waals surface area (Å²) < 4.78 is 5.23. The molecule has 1 atom stereocenters. The first-order valence-corrected chi connectivity index (χ1v) is 4.24.